The number of carbonyl (C=O) groups is 2. The number of nitrogens with zero attached hydrogens (tertiary/aromatic N) is 3. The molecule has 9 heteroatoms. The Kier molecular flexibility index (Phi) is 5.92. The maximum Gasteiger partial charge on any atom is 0.271 e. The number of hydrogen-bond acceptors (Lipinski definition) is 6. The molecule has 2 aromatic rings. The molecule has 1 saturated heterocycles. The van der Waals surface area contributed by atoms with Crippen molar-refractivity contribution in [2.24, 2.45) is 0 Å². The standard InChI is InChI=1S/C18H22N6O3/c1-2-20-18(27)15-6-13(11-24(15)10-12-4-3-5-19-7-12)23-17(26)14-8-22-16(25)9-21-14/h3-5,7-9,13,15H,2,6,10-11H2,1H3,(H,20,27)(H,22,25)(H,23,26)/t13-,15+/m1/s1. The lowest BCUT2D eigenvalue weighted by atomic mass is 10.1. The lowest BCUT2D eigenvalue weighted by molar-refractivity contribution is -0.125. The number of pyridine rings is 1. The fourth-order valence-corrected chi connectivity index (χ4v) is 3.20. The first-order chi connectivity index (χ1) is 13.1. The van der Waals surface area contributed by atoms with Gasteiger partial charge in [0.15, 0.2) is 0 Å². The zero-order chi connectivity index (χ0) is 19.2. The summed E-state index contributed by atoms with van der Waals surface area (Å²) in [4.78, 5) is 48.3. The van der Waals surface area contributed by atoms with Gasteiger partial charge in [-0.05, 0) is 25.0 Å². The number of nitrogens with one attached hydrogen (secondary N) is 3. The lowest BCUT2D eigenvalue weighted by Gasteiger charge is -2.23. The van der Waals surface area contributed by atoms with Crippen LogP contribution < -0.4 is 16.2 Å². The Hall–Kier alpha value is -3.07. The molecule has 2 aromatic heterocycles. The van der Waals surface area contributed by atoms with Crippen LogP contribution in [0.5, 0.6) is 0 Å². The van der Waals surface area contributed by atoms with Crippen molar-refractivity contribution < 1.29 is 9.59 Å². The van der Waals surface area contributed by atoms with Crippen molar-refractivity contribution >= 4 is 11.8 Å². The van der Waals surface area contributed by atoms with Crippen molar-refractivity contribution in [1.29, 1.82) is 0 Å². The fourth-order valence-electron chi connectivity index (χ4n) is 3.20. The summed E-state index contributed by atoms with van der Waals surface area (Å²) in [6, 6.07) is 3.28. The molecule has 0 saturated carbocycles. The normalized spacial score (nSPS) is 19.6. The Labute approximate surface area is 156 Å². The number of amides is 2. The Morgan fingerprint density at radius 3 is 2.89 bits per heavy atom. The number of H-pyrrole nitrogens is 1. The van der Waals surface area contributed by atoms with Crippen molar-refractivity contribution in [1.82, 2.24) is 30.5 Å². The Bertz CT molecular complexity index is 833. The predicted molar refractivity (Wildman–Crippen MR) is 97.8 cm³/mol. The third-order valence-corrected chi connectivity index (χ3v) is 4.41. The second-order valence-electron chi connectivity index (χ2n) is 6.40. The number of likely N-dealkylation sites (tertiary alicyclic amines) is 1. The quantitative estimate of drug-likeness (QED) is 0.641. The Balaban J connectivity index is 1.69. The molecule has 3 rings (SSSR count). The van der Waals surface area contributed by atoms with E-state index in [1.165, 1.54) is 6.20 Å². The van der Waals surface area contributed by atoms with Crippen LogP contribution >= 0.6 is 0 Å². The third-order valence-electron chi connectivity index (χ3n) is 4.41. The SMILES string of the molecule is CCNC(=O)[C@@H]1C[C@@H](NC(=O)c2c[nH]c(=O)cn2)CN1Cc1cccnc1. The second-order valence-corrected chi connectivity index (χ2v) is 6.40. The van der Waals surface area contributed by atoms with Gasteiger partial charge in [0.25, 0.3) is 11.5 Å². The van der Waals surface area contributed by atoms with E-state index < -0.39 is 0 Å². The van der Waals surface area contributed by atoms with Gasteiger partial charge in [-0.2, -0.15) is 0 Å². The number of aromatic amines is 1. The molecule has 1 fully saturated rings. The minimum absolute atomic E-state index is 0.0553. The van der Waals surface area contributed by atoms with E-state index in [0.29, 0.717) is 26.1 Å². The molecule has 2 amide bonds. The molecule has 0 spiro atoms. The van der Waals surface area contributed by atoms with Gasteiger partial charge in [0.05, 0.1) is 12.2 Å². The van der Waals surface area contributed by atoms with E-state index in [0.717, 1.165) is 11.8 Å². The molecule has 3 N–H and O–H groups in total. The van der Waals surface area contributed by atoms with Gasteiger partial charge in [-0.3, -0.25) is 24.3 Å². The van der Waals surface area contributed by atoms with E-state index in [9.17, 15) is 14.4 Å². The average molecular weight is 370 g/mol. The Morgan fingerprint density at radius 1 is 1.37 bits per heavy atom. The van der Waals surface area contributed by atoms with Gasteiger partial charge in [-0.15, -0.1) is 0 Å². The molecule has 142 valence electrons. The molecular formula is C18H22N6O3. The largest absolute Gasteiger partial charge is 0.355 e. The first-order valence-electron chi connectivity index (χ1n) is 8.83. The highest BCUT2D eigenvalue weighted by molar-refractivity contribution is 5.92. The molecule has 0 radical (unpaired) electrons. The molecule has 27 heavy (non-hydrogen) atoms. The first kappa shape index (κ1) is 18.7. The van der Waals surface area contributed by atoms with Crippen LogP contribution in [0.4, 0.5) is 0 Å². The molecule has 0 aliphatic carbocycles. The van der Waals surface area contributed by atoms with Crippen molar-refractivity contribution in [3.63, 3.8) is 0 Å². The number of hydrogen-bond donors (Lipinski definition) is 3. The number of rotatable bonds is 6. The minimum atomic E-state index is -0.380. The van der Waals surface area contributed by atoms with Gasteiger partial charge in [0.1, 0.15) is 5.69 Å². The average Bonchev–Trinajstić information content (AvgIpc) is 3.05. The summed E-state index contributed by atoms with van der Waals surface area (Å²) in [5.41, 5.74) is 0.766. The van der Waals surface area contributed by atoms with Crippen LogP contribution in [0, 0.1) is 0 Å². The first-order valence-corrected chi connectivity index (χ1v) is 8.83. The van der Waals surface area contributed by atoms with Crippen LogP contribution in [-0.2, 0) is 11.3 Å². The van der Waals surface area contributed by atoms with Crippen molar-refractivity contribution in [3.05, 3.63) is 58.5 Å². The number of likely N-dealkylation sites (N-methyl/N-ethyl adjacent to an activating group) is 1. The molecule has 1 aliphatic rings. The van der Waals surface area contributed by atoms with Crippen LogP contribution in [0.1, 0.15) is 29.4 Å². The molecule has 1 aliphatic heterocycles. The van der Waals surface area contributed by atoms with Crippen LogP contribution in [-0.4, -0.2) is 56.8 Å². The molecule has 3 heterocycles. The molecule has 0 aromatic carbocycles. The number of carbonyl (C=O) groups excluding carboxylic acids is 2. The zero-order valence-electron chi connectivity index (χ0n) is 15.0. The summed E-state index contributed by atoms with van der Waals surface area (Å²) in [7, 11) is 0. The van der Waals surface area contributed by atoms with Crippen molar-refractivity contribution in [3.8, 4) is 0 Å². The summed E-state index contributed by atoms with van der Waals surface area (Å²) < 4.78 is 0. The van der Waals surface area contributed by atoms with Crippen LogP contribution in [0.15, 0.2) is 41.7 Å². The third kappa shape index (κ3) is 4.76. The fraction of sp³-hybridized carbons (Fsp3) is 0.389. The number of aromatic nitrogens is 3. The van der Waals surface area contributed by atoms with Gasteiger partial charge in [0, 0.05) is 44.3 Å². The molecular weight excluding hydrogens is 348 g/mol. The van der Waals surface area contributed by atoms with Crippen molar-refractivity contribution in [2.75, 3.05) is 13.1 Å². The van der Waals surface area contributed by atoms with Gasteiger partial charge < -0.3 is 15.6 Å². The molecule has 0 unspecified atom stereocenters. The van der Waals surface area contributed by atoms with E-state index in [1.54, 1.807) is 12.4 Å². The summed E-state index contributed by atoms with van der Waals surface area (Å²) in [5.74, 6) is -0.436. The Morgan fingerprint density at radius 2 is 2.22 bits per heavy atom. The van der Waals surface area contributed by atoms with Crippen LogP contribution in [0.25, 0.3) is 0 Å². The lowest BCUT2D eigenvalue weighted by Crippen LogP contribution is -2.42. The van der Waals surface area contributed by atoms with Crippen LogP contribution in [0.2, 0.25) is 0 Å². The molecule has 2 atom stereocenters. The monoisotopic (exact) mass is 370 g/mol. The topological polar surface area (TPSA) is 120 Å². The highest BCUT2D eigenvalue weighted by atomic mass is 16.2. The summed E-state index contributed by atoms with van der Waals surface area (Å²) >= 11 is 0. The maximum atomic E-state index is 12.5. The van der Waals surface area contributed by atoms with E-state index in [4.69, 9.17) is 0 Å². The van der Waals surface area contributed by atoms with Crippen molar-refractivity contribution in [2.45, 2.75) is 32.0 Å². The summed E-state index contributed by atoms with van der Waals surface area (Å²) in [5, 5.41) is 5.75. The summed E-state index contributed by atoms with van der Waals surface area (Å²) in [6.07, 6.45) is 6.32. The summed E-state index contributed by atoms with van der Waals surface area (Å²) in [6.45, 7) is 3.53. The van der Waals surface area contributed by atoms with Gasteiger partial charge in [-0.1, -0.05) is 6.07 Å². The van der Waals surface area contributed by atoms with Gasteiger partial charge in [0.2, 0.25) is 5.91 Å². The zero-order valence-corrected chi connectivity index (χ0v) is 15.0. The van der Waals surface area contributed by atoms with E-state index in [2.05, 4.69) is 25.6 Å². The highest BCUT2D eigenvalue weighted by Gasteiger charge is 2.37. The van der Waals surface area contributed by atoms with Gasteiger partial charge >= 0.3 is 0 Å². The van der Waals surface area contributed by atoms with Crippen LogP contribution in [0.3, 0.4) is 0 Å². The van der Waals surface area contributed by atoms with E-state index >= 15 is 0 Å². The second kappa shape index (κ2) is 8.54. The maximum absolute atomic E-state index is 12.5. The van der Waals surface area contributed by atoms with E-state index in [1.807, 2.05) is 24.0 Å². The predicted octanol–water partition coefficient (Wildman–Crippen LogP) is -0.326. The van der Waals surface area contributed by atoms with E-state index in [-0.39, 0.29) is 35.2 Å². The smallest absolute Gasteiger partial charge is 0.271 e. The van der Waals surface area contributed by atoms with Gasteiger partial charge in [-0.25, -0.2) is 4.98 Å². The molecule has 0 bridgehead atoms. The minimum Gasteiger partial charge on any atom is -0.355 e. The highest BCUT2D eigenvalue weighted by Crippen LogP contribution is 2.21. The molecule has 9 nitrogen and oxygen atoms in total.